The average molecular weight is 1250 g/mol. The highest BCUT2D eigenvalue weighted by atomic mass is 32.2. The van der Waals surface area contributed by atoms with Crippen LogP contribution in [0.15, 0.2) is 0 Å². The molecule has 0 heterocycles. The molecule has 0 aliphatic heterocycles. The number of hydrogen-bond acceptors (Lipinski definition) is 9. The Balaban J connectivity index is 6.33. The van der Waals surface area contributed by atoms with Crippen LogP contribution in [0.2, 0.25) is 0 Å². The maximum absolute atomic E-state index is 14.7. The summed E-state index contributed by atoms with van der Waals surface area (Å²) >= 11 is 0. The van der Waals surface area contributed by atoms with Crippen LogP contribution in [-0.4, -0.2) is 164 Å². The molecule has 12 nitrogen and oxygen atoms in total. The zero-order chi connectivity index (χ0) is 60.2. The minimum atomic E-state index is -9.37. The Bertz CT molecular complexity index is 2110. The second-order valence-electron chi connectivity index (χ2n) is 13.6. The summed E-state index contributed by atoms with van der Waals surface area (Å²) in [6, 6.07) is 0. The van der Waals surface area contributed by atoms with Crippen LogP contribution >= 0.6 is 7.82 Å². The van der Waals surface area contributed by atoms with E-state index in [9.17, 15) is 180 Å². The molecule has 0 saturated carbocycles. The maximum atomic E-state index is 14.7. The van der Waals surface area contributed by atoms with E-state index in [-0.39, 0.29) is 0 Å². The molecule has 0 spiro atoms. The van der Waals surface area contributed by atoms with E-state index in [0.717, 1.165) is 0 Å². The molecular formula is C22H15F36N2O10PS2+2. The first-order valence-electron chi connectivity index (χ1n) is 15.9. The van der Waals surface area contributed by atoms with E-state index in [4.69, 9.17) is 4.89 Å². The van der Waals surface area contributed by atoms with Crippen LogP contribution in [0.3, 0.4) is 0 Å². The largest absolute Gasteiger partial charge is 0.526 e. The van der Waals surface area contributed by atoms with Crippen molar-refractivity contribution in [2.24, 2.45) is 0 Å². The molecule has 2 atom stereocenters. The highest BCUT2D eigenvalue weighted by molar-refractivity contribution is 7.87. The Morgan fingerprint density at radius 3 is 0.699 bits per heavy atom. The fraction of sp³-hybridized carbons (Fsp3) is 1.00. The summed E-state index contributed by atoms with van der Waals surface area (Å²) in [6.45, 7) is -11.1. The number of nitrogens with zero attached hydrogens (tertiary/aromatic N) is 2. The van der Waals surface area contributed by atoms with Gasteiger partial charge in [-0.1, -0.05) is 0 Å². The van der Waals surface area contributed by atoms with E-state index < -0.39 is 170 Å². The number of halogens is 36. The van der Waals surface area contributed by atoms with Crippen molar-refractivity contribution < 1.29 is 212 Å². The number of phosphoric acid groups is 1. The summed E-state index contributed by atoms with van der Waals surface area (Å²) in [6.07, 6.45) is -16.4. The molecule has 1 N–H and O–H groups in total. The van der Waals surface area contributed by atoms with Gasteiger partial charge in [-0.2, -0.15) is 166 Å². The summed E-state index contributed by atoms with van der Waals surface area (Å²) in [5.41, 5.74) is 0. The molecule has 0 aromatic rings. The Morgan fingerprint density at radius 1 is 0.356 bits per heavy atom. The first-order chi connectivity index (χ1) is 30.9. The molecule has 0 saturated heterocycles. The van der Waals surface area contributed by atoms with Crippen molar-refractivity contribution in [2.45, 2.75) is 93.9 Å². The third-order valence-corrected chi connectivity index (χ3v) is 13.2. The predicted molar refractivity (Wildman–Crippen MR) is 147 cm³/mol. The van der Waals surface area contributed by atoms with E-state index in [0.29, 0.717) is 0 Å². The minimum absolute atomic E-state index is 1.16. The summed E-state index contributed by atoms with van der Waals surface area (Å²) in [5, 5.41) is -17.0. The van der Waals surface area contributed by atoms with Crippen LogP contribution in [0.5, 0.6) is 0 Å². The summed E-state index contributed by atoms with van der Waals surface area (Å²) in [5.74, 6) is -110. The third kappa shape index (κ3) is 9.99. The molecule has 2 unspecified atom stereocenters. The van der Waals surface area contributed by atoms with Crippen LogP contribution in [-0.2, 0) is 43.7 Å². The second kappa shape index (κ2) is 18.8. The van der Waals surface area contributed by atoms with Gasteiger partial charge in [0.15, 0.2) is 13.1 Å². The first-order valence-corrected chi connectivity index (χ1v) is 20.3. The molecule has 0 fully saturated rings. The lowest BCUT2D eigenvalue weighted by molar-refractivity contribution is -0.935. The van der Waals surface area contributed by atoms with Gasteiger partial charge in [0.05, 0.1) is 0 Å². The number of alkyl halides is 34. The van der Waals surface area contributed by atoms with Gasteiger partial charge in [0.25, 0.3) is 0 Å². The van der Waals surface area contributed by atoms with Crippen LogP contribution in [0.1, 0.15) is 0 Å². The van der Waals surface area contributed by atoms with E-state index >= 15 is 0 Å². The van der Waals surface area contributed by atoms with Crippen LogP contribution in [0.25, 0.3) is 0 Å². The second-order valence-corrected chi connectivity index (χ2v) is 19.2. The molecule has 51 heteroatoms. The van der Waals surface area contributed by atoms with Crippen molar-refractivity contribution in [2.75, 3.05) is 40.4 Å². The zero-order valence-corrected chi connectivity index (χ0v) is 35.2. The van der Waals surface area contributed by atoms with E-state index in [1.807, 2.05) is 0 Å². The molecular weight excluding hydrogens is 1230 g/mol. The summed E-state index contributed by atoms with van der Waals surface area (Å²) < 4.78 is 543. The van der Waals surface area contributed by atoms with Gasteiger partial charge in [0.1, 0.15) is 27.3 Å². The van der Waals surface area contributed by atoms with E-state index in [2.05, 4.69) is 19.1 Å². The number of likely N-dealkylation sites (N-methyl/N-ethyl adjacent to an activating group) is 2. The summed E-state index contributed by atoms with van der Waals surface area (Å²) in [4.78, 5) is 15.8. The minimum Gasteiger partial charge on any atom is -0.299 e. The number of sulfonamides is 2. The Labute approximate surface area is 374 Å². The van der Waals surface area contributed by atoms with Gasteiger partial charge < -0.3 is 0 Å². The van der Waals surface area contributed by atoms with Gasteiger partial charge in [0, 0.05) is 8.96 Å². The monoisotopic (exact) mass is 1250 g/mol. The standard InChI is InChI=1S/C22H14F36N2O10PS2/c1-59(57,72(63,64)21(53,54)17(43,44)13(35,36)9(27,28)7(23,24)11(31,32)15(39,40)19(47,48)49)3-5-67-69-71(61,62)70-68-6-4-60(2,58)73(65,66)22(55,56)18(45,46)14(37,38)10(29,30)8(25,26)12(33,34)16(41,42)20(50,51)52/h3-6H2,1-2H3/q+1/p+1. The maximum Gasteiger partial charge on any atom is 0.526 e. The molecule has 0 aliphatic rings. The molecule has 0 aromatic heterocycles. The normalized spacial score (nSPS) is 18.8. The zero-order valence-electron chi connectivity index (χ0n) is 32.7. The Kier molecular flexibility index (Phi) is 18.1. The molecule has 0 amide bonds. The number of rotatable bonds is 26. The van der Waals surface area contributed by atoms with Crippen molar-refractivity contribution in [1.29, 1.82) is 0 Å². The van der Waals surface area contributed by atoms with E-state index in [1.54, 1.807) is 0 Å². The van der Waals surface area contributed by atoms with Crippen molar-refractivity contribution >= 4 is 27.9 Å². The van der Waals surface area contributed by atoms with Gasteiger partial charge in [-0.15, -0.1) is 9.35 Å². The smallest absolute Gasteiger partial charge is 0.299 e. The fourth-order valence-electron chi connectivity index (χ4n) is 3.96. The van der Waals surface area contributed by atoms with Crippen molar-refractivity contribution in [3.8, 4) is 0 Å². The highest BCUT2D eigenvalue weighted by Crippen LogP contribution is 2.67. The van der Waals surface area contributed by atoms with Crippen LogP contribution in [0, 0.1) is 0 Å². The van der Waals surface area contributed by atoms with Crippen LogP contribution < -0.4 is 0 Å². The van der Waals surface area contributed by atoms with Crippen LogP contribution in [0.4, 0.5) is 158 Å². The number of hydrogen-bond donors (Lipinski definition) is 1. The molecule has 0 radical (unpaired) electrons. The van der Waals surface area contributed by atoms with Gasteiger partial charge in [0.2, 0.25) is 0 Å². The Hall–Kier alpha value is -2.67. The van der Waals surface area contributed by atoms with Gasteiger partial charge in [-0.05, 0) is 8.22 Å². The number of quaternary nitrogens is 2. The molecule has 440 valence electrons. The lowest BCUT2D eigenvalue weighted by Gasteiger charge is -2.42. The quantitative estimate of drug-likeness (QED) is 0.0222. The summed E-state index contributed by atoms with van der Waals surface area (Å²) in [7, 11) is -26.4. The average Bonchev–Trinajstić information content (AvgIpc) is 3.16. The Morgan fingerprint density at radius 2 is 0.521 bits per heavy atom. The lowest BCUT2D eigenvalue weighted by Crippen LogP contribution is -2.75. The van der Waals surface area contributed by atoms with Crippen molar-refractivity contribution in [3.05, 3.63) is 0 Å². The molecule has 0 rings (SSSR count). The molecule has 0 bridgehead atoms. The SMILES string of the molecule is C[N+](F)(CCOOP(=O)(O)OOCC[N+](C)(F)S(=O)(=O)C(F)(F)C(F)(F)C(F)(F)C(F)(F)C(F)(F)C(F)(F)C(F)(F)C(F)(F)F)S(=O)(=O)C(F)(F)C(F)(F)C(F)(F)C(F)(F)C(F)(F)C(F)(F)C(F)(F)C(F)(F)F. The topological polar surface area (TPSA) is 142 Å². The van der Waals surface area contributed by atoms with Crippen molar-refractivity contribution in [1.82, 2.24) is 0 Å². The molecule has 73 heavy (non-hydrogen) atoms. The molecule has 0 aromatic carbocycles. The lowest BCUT2D eigenvalue weighted by atomic mass is 9.91. The van der Waals surface area contributed by atoms with Gasteiger partial charge in [-0.3, -0.25) is 4.89 Å². The third-order valence-electron chi connectivity index (χ3n) is 8.48. The first kappa shape index (κ1) is 70.3. The highest BCUT2D eigenvalue weighted by Gasteiger charge is 2.99. The van der Waals surface area contributed by atoms with Crippen molar-refractivity contribution in [3.63, 3.8) is 0 Å². The van der Waals surface area contributed by atoms with Gasteiger partial charge in [-0.25, -0.2) is 14.3 Å². The van der Waals surface area contributed by atoms with Gasteiger partial charge >= 0.3 is 122 Å². The molecule has 0 aliphatic carbocycles. The predicted octanol–water partition coefficient (Wildman–Crippen LogP) is 10.2. The van der Waals surface area contributed by atoms with E-state index in [1.165, 1.54) is 0 Å². The fourth-order valence-corrected chi connectivity index (χ4v) is 6.89.